The SMILES string of the molecule is C=C(/C=C(C=O)\C=C(/COC)OC)OC. The predicted molar refractivity (Wildman–Crippen MR) is 57.3 cm³/mol. The van der Waals surface area contributed by atoms with Gasteiger partial charge in [-0.05, 0) is 12.2 Å². The van der Waals surface area contributed by atoms with Crippen molar-refractivity contribution in [2.45, 2.75) is 0 Å². The van der Waals surface area contributed by atoms with E-state index < -0.39 is 0 Å². The highest BCUT2D eigenvalue weighted by molar-refractivity contribution is 5.78. The summed E-state index contributed by atoms with van der Waals surface area (Å²) >= 11 is 0. The average Bonchev–Trinajstić information content (AvgIpc) is 2.26. The van der Waals surface area contributed by atoms with E-state index in [0.29, 0.717) is 30.0 Å². The zero-order chi connectivity index (χ0) is 11.7. The summed E-state index contributed by atoms with van der Waals surface area (Å²) in [4.78, 5) is 10.7. The third-order valence-corrected chi connectivity index (χ3v) is 1.60. The number of allylic oxidation sites excluding steroid dienone is 3. The lowest BCUT2D eigenvalue weighted by Crippen LogP contribution is -1.98. The van der Waals surface area contributed by atoms with E-state index in [9.17, 15) is 4.79 Å². The van der Waals surface area contributed by atoms with Crippen LogP contribution in [-0.4, -0.2) is 34.2 Å². The van der Waals surface area contributed by atoms with Gasteiger partial charge in [0.1, 0.15) is 24.4 Å². The molecule has 0 aliphatic heterocycles. The fourth-order valence-corrected chi connectivity index (χ4v) is 0.842. The maximum absolute atomic E-state index is 10.7. The summed E-state index contributed by atoms with van der Waals surface area (Å²) in [7, 11) is 4.54. The molecule has 4 heteroatoms. The predicted octanol–water partition coefficient (Wildman–Crippen LogP) is 1.45. The van der Waals surface area contributed by atoms with Crippen molar-refractivity contribution in [1.82, 2.24) is 0 Å². The van der Waals surface area contributed by atoms with Crippen LogP contribution in [0.5, 0.6) is 0 Å². The zero-order valence-electron chi connectivity index (χ0n) is 9.28. The maximum Gasteiger partial charge on any atom is 0.150 e. The lowest BCUT2D eigenvalue weighted by molar-refractivity contribution is -0.104. The van der Waals surface area contributed by atoms with E-state index >= 15 is 0 Å². The van der Waals surface area contributed by atoms with Crippen LogP contribution >= 0.6 is 0 Å². The fraction of sp³-hybridized carbons (Fsp3) is 0.364. The standard InChI is InChI=1S/C11H16O4/c1-9(14-3)5-10(7-12)6-11(15-4)8-13-2/h5-7H,1,8H2,2-4H3/b10-5+,11-6+. The van der Waals surface area contributed by atoms with Gasteiger partial charge in [-0.1, -0.05) is 6.58 Å². The maximum atomic E-state index is 10.7. The molecule has 0 aliphatic rings. The molecular formula is C11H16O4. The Balaban J connectivity index is 4.73. The van der Waals surface area contributed by atoms with E-state index in [1.807, 2.05) is 0 Å². The summed E-state index contributed by atoms with van der Waals surface area (Å²) in [6, 6.07) is 0. The first-order chi connectivity index (χ1) is 7.17. The number of carbonyl (C=O) groups excluding carboxylic acids is 1. The Kier molecular flexibility index (Phi) is 7.01. The van der Waals surface area contributed by atoms with Gasteiger partial charge in [0.05, 0.1) is 14.2 Å². The lowest BCUT2D eigenvalue weighted by Gasteiger charge is -2.04. The molecule has 0 aromatic rings. The molecule has 0 N–H and O–H groups in total. The lowest BCUT2D eigenvalue weighted by atomic mass is 10.2. The van der Waals surface area contributed by atoms with Crippen LogP contribution in [0, 0.1) is 0 Å². The van der Waals surface area contributed by atoms with Crippen molar-refractivity contribution in [2.75, 3.05) is 27.9 Å². The van der Waals surface area contributed by atoms with Crippen LogP contribution in [0.4, 0.5) is 0 Å². The van der Waals surface area contributed by atoms with Crippen molar-refractivity contribution in [2.24, 2.45) is 0 Å². The molecule has 0 spiro atoms. The second-order valence-electron chi connectivity index (χ2n) is 2.68. The highest BCUT2D eigenvalue weighted by Crippen LogP contribution is 2.05. The number of hydrogen-bond acceptors (Lipinski definition) is 4. The topological polar surface area (TPSA) is 44.8 Å². The van der Waals surface area contributed by atoms with Crippen LogP contribution in [0.2, 0.25) is 0 Å². The van der Waals surface area contributed by atoms with Gasteiger partial charge >= 0.3 is 0 Å². The van der Waals surface area contributed by atoms with Crippen molar-refractivity contribution in [3.05, 3.63) is 35.8 Å². The third-order valence-electron chi connectivity index (χ3n) is 1.60. The minimum Gasteiger partial charge on any atom is -0.499 e. The normalized spacial score (nSPS) is 12.2. The molecule has 0 fully saturated rings. The Hall–Kier alpha value is -1.55. The van der Waals surface area contributed by atoms with Gasteiger partial charge < -0.3 is 14.2 Å². The van der Waals surface area contributed by atoms with Crippen LogP contribution in [-0.2, 0) is 19.0 Å². The largest absolute Gasteiger partial charge is 0.499 e. The monoisotopic (exact) mass is 212 g/mol. The van der Waals surface area contributed by atoms with Crippen molar-refractivity contribution in [1.29, 1.82) is 0 Å². The third kappa shape index (κ3) is 5.70. The van der Waals surface area contributed by atoms with Crippen LogP contribution < -0.4 is 0 Å². The van der Waals surface area contributed by atoms with Gasteiger partial charge in [-0.15, -0.1) is 0 Å². The molecule has 0 aliphatic carbocycles. The van der Waals surface area contributed by atoms with Gasteiger partial charge in [0, 0.05) is 12.7 Å². The summed E-state index contributed by atoms with van der Waals surface area (Å²) < 4.78 is 14.7. The second kappa shape index (κ2) is 7.82. The quantitative estimate of drug-likeness (QED) is 0.277. The number of methoxy groups -OCH3 is 3. The van der Waals surface area contributed by atoms with Gasteiger partial charge in [0.2, 0.25) is 0 Å². The summed E-state index contributed by atoms with van der Waals surface area (Å²) in [6.07, 6.45) is 3.78. The second-order valence-corrected chi connectivity index (χ2v) is 2.68. The molecule has 0 bridgehead atoms. The summed E-state index contributed by atoms with van der Waals surface area (Å²) in [5, 5.41) is 0. The van der Waals surface area contributed by atoms with Crippen molar-refractivity contribution in [3.63, 3.8) is 0 Å². The van der Waals surface area contributed by atoms with Crippen molar-refractivity contribution < 1.29 is 19.0 Å². The molecular weight excluding hydrogens is 196 g/mol. The molecule has 0 amide bonds. The highest BCUT2D eigenvalue weighted by Gasteiger charge is 1.99. The minimum atomic E-state index is 0.307. The number of rotatable bonds is 7. The number of hydrogen-bond donors (Lipinski definition) is 0. The van der Waals surface area contributed by atoms with Crippen LogP contribution in [0.3, 0.4) is 0 Å². The number of aldehydes is 1. The van der Waals surface area contributed by atoms with Crippen molar-refractivity contribution >= 4 is 6.29 Å². The van der Waals surface area contributed by atoms with Crippen LogP contribution in [0.25, 0.3) is 0 Å². The van der Waals surface area contributed by atoms with Crippen molar-refractivity contribution in [3.8, 4) is 0 Å². The highest BCUT2D eigenvalue weighted by atomic mass is 16.5. The van der Waals surface area contributed by atoms with Gasteiger partial charge in [-0.3, -0.25) is 4.79 Å². The molecule has 0 aromatic heterocycles. The molecule has 0 unspecified atom stereocenters. The van der Waals surface area contributed by atoms with E-state index in [1.165, 1.54) is 20.3 Å². The van der Waals surface area contributed by atoms with Gasteiger partial charge in [0.25, 0.3) is 0 Å². The zero-order valence-corrected chi connectivity index (χ0v) is 9.28. The van der Waals surface area contributed by atoms with E-state index in [4.69, 9.17) is 14.2 Å². The Bertz CT molecular complexity index is 276. The van der Waals surface area contributed by atoms with E-state index in [0.717, 1.165) is 0 Å². The Morgan fingerprint density at radius 1 is 1.20 bits per heavy atom. The Morgan fingerprint density at radius 2 is 1.87 bits per heavy atom. The first-order valence-electron chi connectivity index (χ1n) is 4.31. The molecule has 0 rings (SSSR count). The first kappa shape index (κ1) is 13.4. The molecule has 0 aromatic carbocycles. The van der Waals surface area contributed by atoms with Crippen LogP contribution in [0.15, 0.2) is 35.8 Å². The minimum absolute atomic E-state index is 0.307. The van der Waals surface area contributed by atoms with Gasteiger partial charge in [0.15, 0.2) is 0 Å². The average molecular weight is 212 g/mol. The van der Waals surface area contributed by atoms with Crippen LogP contribution in [0.1, 0.15) is 0 Å². The first-order valence-corrected chi connectivity index (χ1v) is 4.31. The molecule has 0 radical (unpaired) electrons. The molecule has 15 heavy (non-hydrogen) atoms. The number of carbonyl (C=O) groups is 1. The van der Waals surface area contributed by atoms with Gasteiger partial charge in [-0.2, -0.15) is 0 Å². The molecule has 0 saturated carbocycles. The van der Waals surface area contributed by atoms with E-state index in [2.05, 4.69) is 6.58 Å². The van der Waals surface area contributed by atoms with E-state index in [-0.39, 0.29) is 0 Å². The molecule has 0 atom stereocenters. The Labute approximate surface area is 89.8 Å². The molecule has 0 heterocycles. The fourth-order valence-electron chi connectivity index (χ4n) is 0.842. The summed E-state index contributed by atoms with van der Waals surface area (Å²) in [6.45, 7) is 3.89. The number of ether oxygens (including phenoxy) is 3. The smallest absolute Gasteiger partial charge is 0.150 e. The van der Waals surface area contributed by atoms with E-state index in [1.54, 1.807) is 13.2 Å². The summed E-state index contributed by atoms with van der Waals surface area (Å²) in [5.41, 5.74) is 0.413. The molecule has 4 nitrogen and oxygen atoms in total. The molecule has 84 valence electrons. The molecule has 0 saturated heterocycles. The Morgan fingerprint density at radius 3 is 2.27 bits per heavy atom. The summed E-state index contributed by atoms with van der Waals surface area (Å²) in [5.74, 6) is 0.959. The van der Waals surface area contributed by atoms with Gasteiger partial charge in [-0.25, -0.2) is 0 Å².